The third-order valence-corrected chi connectivity index (χ3v) is 4.01. The molecule has 3 heteroatoms. The van der Waals surface area contributed by atoms with Gasteiger partial charge in [-0.15, -0.1) is 0 Å². The Hall–Kier alpha value is -1.90. The van der Waals surface area contributed by atoms with E-state index in [4.69, 9.17) is 0 Å². The molecule has 1 aliphatic heterocycles. The molecule has 3 rings (SSSR count). The van der Waals surface area contributed by atoms with Crippen LogP contribution in [0.4, 0.5) is 5.95 Å². The SMILES string of the molecule is Cc1ccc(CC2CCCN2c2nccc(C)n2)cc1. The van der Waals surface area contributed by atoms with E-state index in [1.165, 1.54) is 24.0 Å². The second-order valence-electron chi connectivity index (χ2n) is 5.68. The third kappa shape index (κ3) is 2.82. The van der Waals surface area contributed by atoms with Gasteiger partial charge in [0.1, 0.15) is 0 Å². The van der Waals surface area contributed by atoms with Crippen molar-refractivity contribution in [3.05, 3.63) is 53.3 Å². The lowest BCUT2D eigenvalue weighted by atomic mass is 10.0. The van der Waals surface area contributed by atoms with Gasteiger partial charge in [0, 0.05) is 24.5 Å². The minimum absolute atomic E-state index is 0.527. The molecule has 0 aliphatic carbocycles. The Kier molecular flexibility index (Phi) is 3.68. The van der Waals surface area contributed by atoms with Gasteiger partial charge in [-0.2, -0.15) is 0 Å². The van der Waals surface area contributed by atoms with E-state index in [0.717, 1.165) is 24.6 Å². The number of nitrogens with zero attached hydrogens (tertiary/aromatic N) is 3. The second-order valence-corrected chi connectivity index (χ2v) is 5.68. The lowest BCUT2D eigenvalue weighted by Gasteiger charge is -2.25. The van der Waals surface area contributed by atoms with Crippen molar-refractivity contribution >= 4 is 5.95 Å². The number of anilines is 1. The average Bonchev–Trinajstić information content (AvgIpc) is 2.89. The molecule has 1 fully saturated rings. The number of hydrogen-bond donors (Lipinski definition) is 0. The number of aryl methyl sites for hydroxylation is 2. The van der Waals surface area contributed by atoms with E-state index < -0.39 is 0 Å². The van der Waals surface area contributed by atoms with Crippen molar-refractivity contribution in [3.63, 3.8) is 0 Å². The van der Waals surface area contributed by atoms with Crippen molar-refractivity contribution in [2.75, 3.05) is 11.4 Å². The number of hydrogen-bond acceptors (Lipinski definition) is 3. The van der Waals surface area contributed by atoms with Crippen LogP contribution in [0, 0.1) is 13.8 Å². The zero-order valence-electron chi connectivity index (χ0n) is 12.2. The fourth-order valence-electron chi connectivity index (χ4n) is 2.88. The Balaban J connectivity index is 1.77. The molecular weight excluding hydrogens is 246 g/mol. The molecular formula is C17H21N3. The molecule has 0 radical (unpaired) electrons. The first-order valence-electron chi connectivity index (χ1n) is 7.34. The fourth-order valence-corrected chi connectivity index (χ4v) is 2.88. The molecule has 0 bridgehead atoms. The van der Waals surface area contributed by atoms with Crippen LogP contribution in [0.2, 0.25) is 0 Å². The largest absolute Gasteiger partial charge is 0.338 e. The van der Waals surface area contributed by atoms with Crippen LogP contribution in [0.5, 0.6) is 0 Å². The zero-order chi connectivity index (χ0) is 13.9. The van der Waals surface area contributed by atoms with Crippen molar-refractivity contribution in [3.8, 4) is 0 Å². The van der Waals surface area contributed by atoms with Crippen LogP contribution < -0.4 is 4.90 Å². The van der Waals surface area contributed by atoms with E-state index in [0.29, 0.717) is 6.04 Å². The molecule has 0 amide bonds. The van der Waals surface area contributed by atoms with E-state index in [1.807, 2.05) is 19.2 Å². The highest BCUT2D eigenvalue weighted by Gasteiger charge is 2.26. The zero-order valence-corrected chi connectivity index (χ0v) is 12.2. The summed E-state index contributed by atoms with van der Waals surface area (Å²) in [5.41, 5.74) is 3.76. The summed E-state index contributed by atoms with van der Waals surface area (Å²) in [7, 11) is 0. The Morgan fingerprint density at radius 3 is 2.70 bits per heavy atom. The Morgan fingerprint density at radius 2 is 1.95 bits per heavy atom. The maximum absolute atomic E-state index is 4.58. The topological polar surface area (TPSA) is 29.0 Å². The molecule has 1 aliphatic rings. The molecule has 1 aromatic carbocycles. The van der Waals surface area contributed by atoms with Gasteiger partial charge in [-0.25, -0.2) is 9.97 Å². The molecule has 0 spiro atoms. The number of aromatic nitrogens is 2. The maximum Gasteiger partial charge on any atom is 0.225 e. The molecule has 1 aromatic heterocycles. The molecule has 3 nitrogen and oxygen atoms in total. The highest BCUT2D eigenvalue weighted by atomic mass is 15.3. The standard InChI is InChI=1S/C17H21N3/c1-13-5-7-15(8-6-13)12-16-4-3-11-20(16)17-18-10-9-14(2)19-17/h5-10,16H,3-4,11-12H2,1-2H3. The van der Waals surface area contributed by atoms with Gasteiger partial charge in [0.15, 0.2) is 0 Å². The lowest BCUT2D eigenvalue weighted by Crippen LogP contribution is -2.32. The van der Waals surface area contributed by atoms with Gasteiger partial charge in [0.25, 0.3) is 0 Å². The van der Waals surface area contributed by atoms with Crippen LogP contribution in [-0.2, 0) is 6.42 Å². The molecule has 0 saturated carbocycles. The van der Waals surface area contributed by atoms with Crippen LogP contribution in [0.1, 0.15) is 29.7 Å². The summed E-state index contributed by atoms with van der Waals surface area (Å²) in [6, 6.07) is 11.3. The highest BCUT2D eigenvalue weighted by Crippen LogP contribution is 2.25. The minimum Gasteiger partial charge on any atom is -0.338 e. The number of benzene rings is 1. The normalized spacial score (nSPS) is 18.5. The molecule has 1 saturated heterocycles. The van der Waals surface area contributed by atoms with Gasteiger partial charge in [-0.05, 0) is 44.7 Å². The van der Waals surface area contributed by atoms with Crippen molar-refractivity contribution in [1.82, 2.24) is 9.97 Å². The van der Waals surface area contributed by atoms with Crippen LogP contribution in [0.15, 0.2) is 36.5 Å². The van der Waals surface area contributed by atoms with Gasteiger partial charge < -0.3 is 4.90 Å². The summed E-state index contributed by atoms with van der Waals surface area (Å²) in [6.07, 6.45) is 5.40. The molecule has 104 valence electrons. The fraction of sp³-hybridized carbons (Fsp3) is 0.412. The quantitative estimate of drug-likeness (QED) is 0.854. The highest BCUT2D eigenvalue weighted by molar-refractivity contribution is 5.35. The predicted octanol–water partition coefficient (Wildman–Crippen LogP) is 3.30. The molecule has 1 atom stereocenters. The van der Waals surface area contributed by atoms with Crippen molar-refractivity contribution in [1.29, 1.82) is 0 Å². The van der Waals surface area contributed by atoms with E-state index in [9.17, 15) is 0 Å². The maximum atomic E-state index is 4.58. The summed E-state index contributed by atoms with van der Waals surface area (Å²) in [5.74, 6) is 0.889. The summed E-state index contributed by atoms with van der Waals surface area (Å²) >= 11 is 0. The first kappa shape index (κ1) is 13.1. The predicted molar refractivity (Wildman–Crippen MR) is 82.0 cm³/mol. The molecule has 2 aromatic rings. The van der Waals surface area contributed by atoms with Gasteiger partial charge in [-0.3, -0.25) is 0 Å². The van der Waals surface area contributed by atoms with E-state index in [-0.39, 0.29) is 0 Å². The molecule has 2 heterocycles. The van der Waals surface area contributed by atoms with Gasteiger partial charge in [0.05, 0.1) is 0 Å². The van der Waals surface area contributed by atoms with Gasteiger partial charge in [0.2, 0.25) is 5.95 Å². The summed E-state index contributed by atoms with van der Waals surface area (Å²) in [4.78, 5) is 11.4. The van der Waals surface area contributed by atoms with Gasteiger partial charge in [-0.1, -0.05) is 29.8 Å². The third-order valence-electron chi connectivity index (χ3n) is 4.01. The van der Waals surface area contributed by atoms with Crippen LogP contribution in [0.3, 0.4) is 0 Å². The van der Waals surface area contributed by atoms with E-state index in [2.05, 4.69) is 46.1 Å². The first-order chi connectivity index (χ1) is 9.72. The van der Waals surface area contributed by atoms with Crippen molar-refractivity contribution in [2.45, 2.75) is 39.2 Å². The molecule has 1 unspecified atom stereocenters. The molecule has 0 N–H and O–H groups in total. The van der Waals surface area contributed by atoms with Crippen LogP contribution in [-0.4, -0.2) is 22.6 Å². The van der Waals surface area contributed by atoms with Crippen LogP contribution >= 0.6 is 0 Å². The minimum atomic E-state index is 0.527. The summed E-state index contributed by atoms with van der Waals surface area (Å²) < 4.78 is 0. The Morgan fingerprint density at radius 1 is 1.15 bits per heavy atom. The Labute approximate surface area is 120 Å². The second kappa shape index (κ2) is 5.61. The average molecular weight is 267 g/mol. The summed E-state index contributed by atoms with van der Waals surface area (Å²) in [6.45, 7) is 5.22. The van der Waals surface area contributed by atoms with Crippen molar-refractivity contribution in [2.24, 2.45) is 0 Å². The van der Waals surface area contributed by atoms with Crippen molar-refractivity contribution < 1.29 is 0 Å². The first-order valence-corrected chi connectivity index (χ1v) is 7.34. The molecule has 20 heavy (non-hydrogen) atoms. The van der Waals surface area contributed by atoms with Crippen LogP contribution in [0.25, 0.3) is 0 Å². The van der Waals surface area contributed by atoms with E-state index in [1.54, 1.807) is 0 Å². The monoisotopic (exact) mass is 267 g/mol. The van der Waals surface area contributed by atoms with E-state index >= 15 is 0 Å². The smallest absolute Gasteiger partial charge is 0.225 e. The number of rotatable bonds is 3. The Bertz CT molecular complexity index is 577. The van der Waals surface area contributed by atoms with Gasteiger partial charge >= 0.3 is 0 Å². The summed E-state index contributed by atoms with van der Waals surface area (Å²) in [5, 5.41) is 0. The lowest BCUT2D eigenvalue weighted by molar-refractivity contribution is 0.650.